The summed E-state index contributed by atoms with van der Waals surface area (Å²) in [5.74, 6) is 0. The Labute approximate surface area is 265 Å². The van der Waals surface area contributed by atoms with E-state index in [0.717, 1.165) is 11.9 Å². The molecular weight excluding hydrogens is 547 g/mol. The van der Waals surface area contributed by atoms with Crippen LogP contribution in [0.2, 0.25) is 0 Å². The molecule has 0 radical (unpaired) electrons. The van der Waals surface area contributed by atoms with Gasteiger partial charge in [-0.2, -0.15) is 0 Å². The largest absolute Gasteiger partial charge is 0.494 e. The van der Waals surface area contributed by atoms with Crippen LogP contribution in [0, 0.1) is 6.92 Å². The highest BCUT2D eigenvalue weighted by atomic mass is 16.7. The summed E-state index contributed by atoms with van der Waals surface area (Å²) in [5, 5.41) is 10.1. The van der Waals surface area contributed by atoms with Crippen LogP contribution in [0.15, 0.2) is 121 Å². The molecular formula is C42H37BO2. The van der Waals surface area contributed by atoms with Crippen LogP contribution in [0.1, 0.15) is 44.4 Å². The normalized spacial score (nSPS) is 15.9. The molecule has 1 saturated heterocycles. The average molecular weight is 585 g/mol. The van der Waals surface area contributed by atoms with Gasteiger partial charge in [0.1, 0.15) is 0 Å². The quantitative estimate of drug-likeness (QED) is 0.151. The molecule has 0 unspecified atom stereocenters. The van der Waals surface area contributed by atoms with Crippen LogP contribution in [-0.4, -0.2) is 18.3 Å². The third-order valence-electron chi connectivity index (χ3n) is 10.3. The molecule has 1 aliphatic rings. The molecule has 0 bridgehead atoms. The van der Waals surface area contributed by atoms with Gasteiger partial charge in [0.25, 0.3) is 0 Å². The number of hydrogen-bond acceptors (Lipinski definition) is 2. The molecule has 0 spiro atoms. The Bertz CT molecular complexity index is 2250. The molecule has 0 N–H and O–H groups in total. The first-order chi connectivity index (χ1) is 21.7. The molecule has 220 valence electrons. The first-order valence-corrected chi connectivity index (χ1v) is 16.0. The molecule has 0 aromatic heterocycles. The predicted molar refractivity (Wildman–Crippen MR) is 192 cm³/mol. The summed E-state index contributed by atoms with van der Waals surface area (Å²) < 4.78 is 12.9. The van der Waals surface area contributed by atoms with E-state index in [1.807, 2.05) is 0 Å². The van der Waals surface area contributed by atoms with Crippen molar-refractivity contribution in [2.75, 3.05) is 0 Å². The molecule has 0 amide bonds. The fourth-order valence-corrected chi connectivity index (χ4v) is 7.12. The van der Waals surface area contributed by atoms with Crippen LogP contribution >= 0.6 is 0 Å². The zero-order chi connectivity index (χ0) is 30.9. The van der Waals surface area contributed by atoms with Crippen molar-refractivity contribution in [2.24, 2.45) is 0 Å². The lowest BCUT2D eigenvalue weighted by atomic mass is 9.77. The Balaban J connectivity index is 1.42. The number of fused-ring (bicyclic) bond motifs is 7. The van der Waals surface area contributed by atoms with E-state index in [4.69, 9.17) is 9.31 Å². The highest BCUT2D eigenvalue weighted by Gasteiger charge is 2.51. The van der Waals surface area contributed by atoms with Crippen molar-refractivity contribution in [2.45, 2.75) is 52.2 Å². The van der Waals surface area contributed by atoms with Crippen molar-refractivity contribution in [3.05, 3.63) is 138 Å². The topological polar surface area (TPSA) is 18.5 Å². The maximum Gasteiger partial charge on any atom is 0.494 e. The second-order valence-corrected chi connectivity index (χ2v) is 13.6. The van der Waals surface area contributed by atoms with Gasteiger partial charge in [-0.1, -0.05) is 109 Å². The van der Waals surface area contributed by atoms with Crippen LogP contribution < -0.4 is 5.46 Å². The Morgan fingerprint density at radius 3 is 1.82 bits per heavy atom. The first kappa shape index (κ1) is 28.1. The Morgan fingerprint density at radius 1 is 0.533 bits per heavy atom. The monoisotopic (exact) mass is 584 g/mol. The first-order valence-electron chi connectivity index (χ1n) is 16.0. The van der Waals surface area contributed by atoms with Crippen LogP contribution in [-0.2, 0) is 15.7 Å². The SMILES string of the molecule is Cc1ccc2ccccc2c1-c1cc2c3ccccc3c3cc(B4OC(C)(C)C(C)(C)O4)ccc3c2cc1Cc1ccccc1. The van der Waals surface area contributed by atoms with Gasteiger partial charge in [0, 0.05) is 0 Å². The zero-order valence-corrected chi connectivity index (χ0v) is 26.6. The van der Waals surface area contributed by atoms with E-state index in [1.54, 1.807) is 0 Å². The van der Waals surface area contributed by atoms with Crippen molar-refractivity contribution in [3.8, 4) is 11.1 Å². The molecule has 1 heterocycles. The predicted octanol–water partition coefficient (Wildman–Crippen LogP) is 10.2. The fourth-order valence-electron chi connectivity index (χ4n) is 7.12. The summed E-state index contributed by atoms with van der Waals surface area (Å²) in [4.78, 5) is 0. The summed E-state index contributed by atoms with van der Waals surface area (Å²) in [7, 11) is -0.404. The summed E-state index contributed by atoms with van der Waals surface area (Å²) in [6.07, 6.45) is 0.856. The average Bonchev–Trinajstić information content (AvgIpc) is 3.27. The number of benzene rings is 7. The van der Waals surface area contributed by atoms with Crippen LogP contribution in [0.3, 0.4) is 0 Å². The minimum absolute atomic E-state index is 0.388. The van der Waals surface area contributed by atoms with Gasteiger partial charge in [-0.25, -0.2) is 0 Å². The molecule has 1 fully saturated rings. The van der Waals surface area contributed by atoms with E-state index in [-0.39, 0.29) is 11.2 Å². The van der Waals surface area contributed by atoms with Crippen molar-refractivity contribution >= 4 is 55.7 Å². The highest BCUT2D eigenvalue weighted by molar-refractivity contribution is 6.62. The third-order valence-corrected chi connectivity index (χ3v) is 10.3. The lowest BCUT2D eigenvalue weighted by molar-refractivity contribution is 0.00578. The summed E-state index contributed by atoms with van der Waals surface area (Å²) in [6, 6.07) is 44.6. The number of aryl methyl sites for hydroxylation is 1. The van der Waals surface area contributed by atoms with Crippen molar-refractivity contribution < 1.29 is 9.31 Å². The maximum atomic E-state index is 6.47. The lowest BCUT2D eigenvalue weighted by Gasteiger charge is -2.32. The van der Waals surface area contributed by atoms with Gasteiger partial charge < -0.3 is 9.31 Å². The molecule has 0 aliphatic carbocycles. The second kappa shape index (κ2) is 10.3. The molecule has 3 heteroatoms. The number of hydrogen-bond donors (Lipinski definition) is 0. The summed E-state index contributed by atoms with van der Waals surface area (Å²) in [6.45, 7) is 10.7. The minimum Gasteiger partial charge on any atom is -0.399 e. The van der Waals surface area contributed by atoms with E-state index in [1.165, 1.54) is 70.9 Å². The van der Waals surface area contributed by atoms with Crippen molar-refractivity contribution in [1.29, 1.82) is 0 Å². The van der Waals surface area contributed by atoms with E-state index in [0.29, 0.717) is 0 Å². The molecule has 7 aromatic carbocycles. The van der Waals surface area contributed by atoms with Crippen molar-refractivity contribution in [3.63, 3.8) is 0 Å². The second-order valence-electron chi connectivity index (χ2n) is 13.6. The summed E-state index contributed by atoms with van der Waals surface area (Å²) in [5.41, 5.74) is 6.84. The van der Waals surface area contributed by atoms with E-state index in [2.05, 4.69) is 156 Å². The molecule has 7 aromatic rings. The zero-order valence-electron chi connectivity index (χ0n) is 26.6. The third kappa shape index (κ3) is 4.57. The standard InChI is InChI=1S/C42H37BO2/c1-27-19-20-29-15-9-10-16-32(29)40(27)36-26-39-34-18-12-11-17-33(34)38-25-31(43-44-41(2,3)42(4,5)45-43)21-22-35(38)37(39)24-30(36)23-28-13-7-6-8-14-28/h6-22,24-26H,23H2,1-5H3. The lowest BCUT2D eigenvalue weighted by Crippen LogP contribution is -2.41. The van der Waals surface area contributed by atoms with Gasteiger partial charge in [0.05, 0.1) is 11.2 Å². The van der Waals surface area contributed by atoms with E-state index < -0.39 is 7.12 Å². The Hall–Kier alpha value is -4.44. The van der Waals surface area contributed by atoms with Crippen LogP contribution in [0.25, 0.3) is 54.2 Å². The maximum absolute atomic E-state index is 6.47. The van der Waals surface area contributed by atoms with Crippen LogP contribution in [0.4, 0.5) is 0 Å². The van der Waals surface area contributed by atoms with Gasteiger partial charge in [-0.3, -0.25) is 0 Å². The fraction of sp³-hybridized carbons (Fsp3) is 0.190. The molecule has 45 heavy (non-hydrogen) atoms. The van der Waals surface area contributed by atoms with Gasteiger partial charge >= 0.3 is 7.12 Å². The van der Waals surface area contributed by atoms with Crippen molar-refractivity contribution in [1.82, 2.24) is 0 Å². The van der Waals surface area contributed by atoms with E-state index in [9.17, 15) is 0 Å². The minimum atomic E-state index is -0.404. The van der Waals surface area contributed by atoms with Gasteiger partial charge in [-0.05, 0) is 130 Å². The van der Waals surface area contributed by atoms with Crippen LogP contribution in [0.5, 0.6) is 0 Å². The number of rotatable bonds is 4. The van der Waals surface area contributed by atoms with Gasteiger partial charge in [0.15, 0.2) is 0 Å². The van der Waals surface area contributed by atoms with E-state index >= 15 is 0 Å². The molecule has 8 rings (SSSR count). The molecule has 0 atom stereocenters. The Morgan fingerprint density at radius 2 is 1.11 bits per heavy atom. The Kier molecular flexibility index (Phi) is 6.43. The molecule has 0 saturated carbocycles. The summed E-state index contributed by atoms with van der Waals surface area (Å²) >= 11 is 0. The molecule has 1 aliphatic heterocycles. The smallest absolute Gasteiger partial charge is 0.399 e. The van der Waals surface area contributed by atoms with Gasteiger partial charge in [-0.15, -0.1) is 0 Å². The highest BCUT2D eigenvalue weighted by Crippen LogP contribution is 2.42. The molecule has 2 nitrogen and oxygen atoms in total. The van der Waals surface area contributed by atoms with Gasteiger partial charge in [0.2, 0.25) is 0 Å².